The van der Waals surface area contributed by atoms with Gasteiger partial charge in [0.25, 0.3) is 0 Å². The molecule has 0 saturated carbocycles. The van der Waals surface area contributed by atoms with Crippen LogP contribution in [0.25, 0.3) is 0 Å². The number of rotatable bonds is 1. The lowest BCUT2D eigenvalue weighted by Crippen LogP contribution is -2.24. The molecule has 1 aromatic rings. The molecule has 0 spiro atoms. The van der Waals surface area contributed by atoms with Crippen molar-refractivity contribution < 1.29 is 0 Å². The molecule has 0 aliphatic rings. The fraction of sp³-hybridized carbons (Fsp3) is 0.600. The van der Waals surface area contributed by atoms with E-state index < -0.39 is 0 Å². The zero-order valence-electron chi connectivity index (χ0n) is 6.27. The third-order valence-electron chi connectivity index (χ3n) is 1.24. The second kappa shape index (κ2) is 2.42. The summed E-state index contributed by atoms with van der Waals surface area (Å²) in [5.74, 6) is 0. The lowest BCUT2D eigenvalue weighted by atomic mass is 11.0. The topological polar surface area (TPSA) is 26.0 Å². The van der Waals surface area contributed by atoms with Crippen molar-refractivity contribution in [2.75, 3.05) is 19.1 Å². The third kappa shape index (κ3) is 1.04. The molecule has 0 aliphatic carbocycles. The average Bonchev–Trinajstić information content (AvgIpc) is 2.14. The highest BCUT2D eigenvalue weighted by molar-refractivity contribution is 7.71. The van der Waals surface area contributed by atoms with E-state index in [1.165, 1.54) is 0 Å². The largest absolute Gasteiger partial charge is 0.315 e. The molecule has 1 rings (SSSR count). The Bertz CT molecular complexity index is 271. The summed E-state index contributed by atoms with van der Waals surface area (Å²) in [6, 6.07) is 0. The Morgan fingerprint density at radius 3 is 2.40 bits per heavy atom. The highest BCUT2D eigenvalue weighted by Gasteiger charge is 1.96. The lowest BCUT2D eigenvalue weighted by Gasteiger charge is -2.11. The van der Waals surface area contributed by atoms with E-state index in [0.29, 0.717) is 4.77 Å². The minimum atomic E-state index is 0.699. The molecule has 1 heterocycles. The van der Waals surface area contributed by atoms with Crippen LogP contribution >= 0.6 is 12.2 Å². The molecule has 0 atom stereocenters. The number of aryl methyl sites for hydroxylation is 1. The van der Waals surface area contributed by atoms with Crippen LogP contribution < -0.4 is 5.01 Å². The first-order valence-electron chi connectivity index (χ1n) is 2.91. The monoisotopic (exact) mass is 158 g/mol. The van der Waals surface area contributed by atoms with E-state index in [1.54, 1.807) is 15.7 Å². The summed E-state index contributed by atoms with van der Waals surface area (Å²) in [5.41, 5.74) is 0. The molecule has 0 unspecified atom stereocenters. The van der Waals surface area contributed by atoms with Gasteiger partial charge in [0.1, 0.15) is 6.33 Å². The molecule has 0 aliphatic heterocycles. The second-order valence-electron chi connectivity index (χ2n) is 2.23. The van der Waals surface area contributed by atoms with Crippen molar-refractivity contribution in [3.63, 3.8) is 0 Å². The fourth-order valence-electron chi connectivity index (χ4n) is 0.648. The predicted octanol–water partition coefficient (Wildman–Crippen LogP) is 0.149. The first-order chi connectivity index (χ1) is 4.63. The van der Waals surface area contributed by atoms with Gasteiger partial charge in [-0.05, 0) is 12.2 Å². The quantitative estimate of drug-likeness (QED) is 0.544. The number of nitrogens with zero attached hydrogens (tertiary/aromatic N) is 4. The van der Waals surface area contributed by atoms with Crippen molar-refractivity contribution >= 4 is 12.2 Å². The molecule has 10 heavy (non-hydrogen) atoms. The molecule has 56 valence electrons. The summed E-state index contributed by atoms with van der Waals surface area (Å²) in [6.07, 6.45) is 1.68. The lowest BCUT2D eigenvalue weighted by molar-refractivity contribution is 0.690. The maximum atomic E-state index is 5.02. The van der Waals surface area contributed by atoms with Gasteiger partial charge in [-0.2, -0.15) is 5.10 Å². The molecule has 5 heteroatoms. The molecule has 0 N–H and O–H groups in total. The van der Waals surface area contributed by atoms with Gasteiger partial charge in [-0.25, -0.2) is 9.36 Å². The summed E-state index contributed by atoms with van der Waals surface area (Å²) in [6.45, 7) is 0. The van der Waals surface area contributed by atoms with Crippen molar-refractivity contribution in [3.05, 3.63) is 11.1 Å². The molecule has 0 fully saturated rings. The first-order valence-corrected chi connectivity index (χ1v) is 3.32. The molecular formula is C5H10N4S. The maximum Gasteiger partial charge on any atom is 0.216 e. The van der Waals surface area contributed by atoms with Gasteiger partial charge in [-0.3, -0.25) is 0 Å². The van der Waals surface area contributed by atoms with Crippen LogP contribution in [0.5, 0.6) is 0 Å². The number of aromatic nitrogens is 3. The van der Waals surface area contributed by atoms with Gasteiger partial charge < -0.3 is 5.01 Å². The van der Waals surface area contributed by atoms with E-state index >= 15 is 0 Å². The molecule has 4 nitrogen and oxygen atoms in total. The molecule has 1 aromatic heterocycles. The van der Waals surface area contributed by atoms with Crippen molar-refractivity contribution in [1.29, 1.82) is 0 Å². The number of hydrogen-bond donors (Lipinski definition) is 0. The van der Waals surface area contributed by atoms with Crippen LogP contribution in [0.1, 0.15) is 0 Å². The molecule has 0 aromatic carbocycles. The van der Waals surface area contributed by atoms with E-state index in [-0.39, 0.29) is 0 Å². The summed E-state index contributed by atoms with van der Waals surface area (Å²) in [4.78, 5) is 0. The van der Waals surface area contributed by atoms with Crippen LogP contribution in [0.2, 0.25) is 0 Å². The van der Waals surface area contributed by atoms with Crippen LogP contribution in [0.4, 0.5) is 0 Å². The van der Waals surface area contributed by atoms with Gasteiger partial charge in [-0.15, -0.1) is 0 Å². The van der Waals surface area contributed by atoms with E-state index in [4.69, 9.17) is 12.2 Å². The standard InChI is InChI=1S/C5H10N4S/c1-7(2)9-4-6-8(3)5(9)10/h4H,1-3H3. The zero-order valence-corrected chi connectivity index (χ0v) is 7.09. The Balaban J connectivity index is 3.18. The molecule has 0 saturated heterocycles. The van der Waals surface area contributed by atoms with Crippen LogP contribution in [-0.2, 0) is 7.05 Å². The van der Waals surface area contributed by atoms with Gasteiger partial charge in [0.2, 0.25) is 4.77 Å². The van der Waals surface area contributed by atoms with Crippen LogP contribution in [0.15, 0.2) is 6.33 Å². The van der Waals surface area contributed by atoms with E-state index in [0.717, 1.165) is 0 Å². The Hall–Kier alpha value is -0.840. The van der Waals surface area contributed by atoms with Crippen LogP contribution in [0.3, 0.4) is 0 Å². The van der Waals surface area contributed by atoms with Crippen molar-refractivity contribution in [2.45, 2.75) is 0 Å². The Morgan fingerprint density at radius 1 is 1.60 bits per heavy atom. The van der Waals surface area contributed by atoms with E-state index in [2.05, 4.69) is 5.10 Å². The first kappa shape index (κ1) is 7.27. The summed E-state index contributed by atoms with van der Waals surface area (Å²) < 4.78 is 4.13. The van der Waals surface area contributed by atoms with Crippen molar-refractivity contribution in [2.24, 2.45) is 7.05 Å². The van der Waals surface area contributed by atoms with Gasteiger partial charge >= 0.3 is 0 Å². The SMILES string of the molecule is CN(C)n1cnn(C)c1=S. The minimum absolute atomic E-state index is 0.699. The maximum absolute atomic E-state index is 5.02. The van der Waals surface area contributed by atoms with Gasteiger partial charge in [0.05, 0.1) is 0 Å². The summed E-state index contributed by atoms with van der Waals surface area (Å²) in [5, 5.41) is 5.84. The highest BCUT2D eigenvalue weighted by Crippen LogP contribution is 1.88. The molecule has 0 amide bonds. The van der Waals surface area contributed by atoms with E-state index in [9.17, 15) is 0 Å². The smallest absolute Gasteiger partial charge is 0.216 e. The predicted molar refractivity (Wildman–Crippen MR) is 42.1 cm³/mol. The van der Waals surface area contributed by atoms with Crippen LogP contribution in [-0.4, -0.2) is 28.6 Å². The Labute approximate surface area is 64.7 Å². The van der Waals surface area contributed by atoms with E-state index in [1.807, 2.05) is 26.2 Å². The molecule has 0 radical (unpaired) electrons. The minimum Gasteiger partial charge on any atom is -0.315 e. The average molecular weight is 158 g/mol. The van der Waals surface area contributed by atoms with Crippen LogP contribution in [0, 0.1) is 4.77 Å². The number of hydrogen-bond acceptors (Lipinski definition) is 3. The normalized spacial score (nSPS) is 9.90. The van der Waals surface area contributed by atoms with Gasteiger partial charge in [0.15, 0.2) is 0 Å². The molecule has 0 bridgehead atoms. The Morgan fingerprint density at radius 2 is 2.20 bits per heavy atom. The fourth-order valence-corrected chi connectivity index (χ4v) is 0.905. The third-order valence-corrected chi connectivity index (χ3v) is 1.69. The second-order valence-corrected chi connectivity index (χ2v) is 2.59. The molecular weight excluding hydrogens is 148 g/mol. The highest BCUT2D eigenvalue weighted by atomic mass is 32.1. The van der Waals surface area contributed by atoms with Crippen molar-refractivity contribution in [3.8, 4) is 0 Å². The zero-order chi connectivity index (χ0) is 7.72. The summed E-state index contributed by atoms with van der Waals surface area (Å²) in [7, 11) is 5.65. The summed E-state index contributed by atoms with van der Waals surface area (Å²) >= 11 is 5.02. The Kier molecular flexibility index (Phi) is 1.76. The van der Waals surface area contributed by atoms with Gasteiger partial charge in [0, 0.05) is 21.1 Å². The van der Waals surface area contributed by atoms with Crippen molar-refractivity contribution in [1.82, 2.24) is 14.5 Å². The van der Waals surface area contributed by atoms with Gasteiger partial charge in [-0.1, -0.05) is 0 Å².